The Morgan fingerprint density at radius 1 is 1.17 bits per heavy atom. The molecule has 9 heteroatoms. The molecule has 30 heavy (non-hydrogen) atoms. The smallest absolute Gasteiger partial charge is 0.410 e. The number of anilines is 1. The highest BCUT2D eigenvalue weighted by Crippen LogP contribution is 2.41. The molecular formula is C21H28FN3O4S. The van der Waals surface area contributed by atoms with Gasteiger partial charge >= 0.3 is 6.09 Å². The molecule has 0 radical (unpaired) electrons. The number of para-hydroxylation sites is 1. The summed E-state index contributed by atoms with van der Waals surface area (Å²) in [6.45, 7) is 7.48. The number of carbonyl (C=O) groups excluding carboxylic acids is 1. The predicted molar refractivity (Wildman–Crippen MR) is 114 cm³/mol. The third-order valence-electron chi connectivity index (χ3n) is 5.06. The van der Waals surface area contributed by atoms with E-state index in [1.807, 2.05) is 37.8 Å². The number of piperazine rings is 1. The van der Waals surface area contributed by atoms with E-state index in [2.05, 4.69) is 0 Å². The second-order valence-electron chi connectivity index (χ2n) is 8.52. The molecule has 1 amide bonds. The van der Waals surface area contributed by atoms with Crippen molar-refractivity contribution in [1.82, 2.24) is 4.90 Å². The van der Waals surface area contributed by atoms with E-state index in [0.717, 1.165) is 5.69 Å². The number of nitrogens with zero attached hydrogens (tertiary/aromatic N) is 2. The molecule has 1 heterocycles. The molecule has 164 valence electrons. The molecular weight excluding hydrogens is 409 g/mol. The molecule has 1 aliphatic carbocycles. The van der Waals surface area contributed by atoms with Gasteiger partial charge in [0.25, 0.3) is 0 Å². The van der Waals surface area contributed by atoms with Gasteiger partial charge in [0.15, 0.2) is 5.67 Å². The van der Waals surface area contributed by atoms with E-state index in [9.17, 15) is 13.2 Å². The molecule has 7 nitrogen and oxygen atoms in total. The quantitative estimate of drug-likeness (QED) is 0.785. The summed E-state index contributed by atoms with van der Waals surface area (Å²) in [4.78, 5) is 15.9. The van der Waals surface area contributed by atoms with Crippen molar-refractivity contribution in [3.8, 4) is 0 Å². The number of nitrogens with two attached hydrogens (primary N) is 1. The number of benzene rings is 1. The lowest BCUT2D eigenvalue weighted by atomic mass is 9.87. The van der Waals surface area contributed by atoms with E-state index in [0.29, 0.717) is 31.7 Å². The Kier molecular flexibility index (Phi) is 5.97. The third kappa shape index (κ3) is 5.02. The molecule has 1 saturated heterocycles. The number of amides is 1. The van der Waals surface area contributed by atoms with Crippen LogP contribution in [0.4, 0.5) is 14.9 Å². The number of alkyl halides is 1. The van der Waals surface area contributed by atoms with Crippen LogP contribution in [0.1, 0.15) is 32.8 Å². The Balaban J connectivity index is 1.75. The fourth-order valence-electron chi connectivity index (χ4n) is 3.57. The van der Waals surface area contributed by atoms with E-state index in [4.69, 9.17) is 9.88 Å². The maximum absolute atomic E-state index is 15.8. The summed E-state index contributed by atoms with van der Waals surface area (Å²) in [5, 5.41) is 5.14. The maximum Gasteiger partial charge on any atom is 0.410 e. The largest absolute Gasteiger partial charge is 0.444 e. The summed E-state index contributed by atoms with van der Waals surface area (Å²) < 4.78 is 44.2. The maximum atomic E-state index is 15.8. The molecule has 3 rings (SSSR count). The van der Waals surface area contributed by atoms with E-state index < -0.39 is 21.3 Å². The van der Waals surface area contributed by atoms with Gasteiger partial charge in [-0.15, -0.1) is 0 Å². The van der Waals surface area contributed by atoms with Crippen LogP contribution in [0.2, 0.25) is 0 Å². The number of rotatable bonds is 3. The van der Waals surface area contributed by atoms with Gasteiger partial charge in [0.05, 0.1) is 4.91 Å². The van der Waals surface area contributed by atoms with Crippen molar-refractivity contribution in [3.63, 3.8) is 0 Å². The summed E-state index contributed by atoms with van der Waals surface area (Å²) in [6.07, 6.45) is 3.31. The Morgan fingerprint density at radius 2 is 1.80 bits per heavy atom. The van der Waals surface area contributed by atoms with Crippen LogP contribution in [-0.2, 0) is 20.4 Å². The highest BCUT2D eigenvalue weighted by molar-refractivity contribution is 7.93. The molecule has 1 fully saturated rings. The van der Waals surface area contributed by atoms with E-state index >= 15 is 4.39 Å². The SMILES string of the molecule is CC(C)(C)OC(=O)N1CCN(c2ccccc2C2(F)C=CC(S(N)(=O)=O)=CC2)CC1. The standard InChI is InChI=1S/C21H28FN3O4S/c1-20(2,3)29-19(26)25-14-12-24(13-15-25)18-7-5-4-6-17(18)21(22)10-8-16(9-11-21)30(23,27)28/h4-10H,11-15H2,1-3H3,(H2,23,27,28). The molecule has 1 unspecified atom stereocenters. The van der Waals surface area contributed by atoms with Crippen LogP contribution in [-0.4, -0.2) is 51.2 Å². The van der Waals surface area contributed by atoms with Crippen molar-refractivity contribution in [2.75, 3.05) is 31.1 Å². The Hall–Kier alpha value is -2.39. The lowest BCUT2D eigenvalue weighted by molar-refractivity contribution is 0.0240. The van der Waals surface area contributed by atoms with Gasteiger partial charge in [-0.3, -0.25) is 0 Å². The molecule has 1 atom stereocenters. The van der Waals surface area contributed by atoms with Crippen LogP contribution in [0.25, 0.3) is 0 Å². The zero-order valence-electron chi connectivity index (χ0n) is 17.5. The first-order chi connectivity index (χ1) is 13.9. The molecule has 0 aromatic heterocycles. The van der Waals surface area contributed by atoms with Crippen LogP contribution in [0.5, 0.6) is 0 Å². The van der Waals surface area contributed by atoms with Crippen molar-refractivity contribution < 1.29 is 22.3 Å². The summed E-state index contributed by atoms with van der Waals surface area (Å²) in [5.74, 6) is 0. The summed E-state index contributed by atoms with van der Waals surface area (Å²) in [7, 11) is -3.87. The minimum absolute atomic E-state index is 0.0840. The van der Waals surface area contributed by atoms with Crippen molar-refractivity contribution in [2.24, 2.45) is 5.14 Å². The van der Waals surface area contributed by atoms with E-state index in [-0.39, 0.29) is 17.4 Å². The van der Waals surface area contributed by atoms with E-state index in [1.165, 1.54) is 18.2 Å². The normalized spacial score (nSPS) is 22.6. The predicted octanol–water partition coefficient (Wildman–Crippen LogP) is 3.04. The number of hydrogen-bond donors (Lipinski definition) is 1. The highest BCUT2D eigenvalue weighted by atomic mass is 32.2. The van der Waals surface area contributed by atoms with Gasteiger partial charge in [-0.2, -0.15) is 0 Å². The molecule has 0 spiro atoms. The topological polar surface area (TPSA) is 92.9 Å². The number of halogens is 1. The van der Waals surface area contributed by atoms with Gasteiger partial charge in [0.2, 0.25) is 10.0 Å². The number of allylic oxidation sites excluding steroid dienone is 3. The first kappa shape index (κ1) is 22.3. The van der Waals surface area contributed by atoms with Crippen LogP contribution >= 0.6 is 0 Å². The zero-order valence-corrected chi connectivity index (χ0v) is 18.3. The molecule has 1 aromatic rings. The Morgan fingerprint density at radius 3 is 2.33 bits per heavy atom. The van der Waals surface area contributed by atoms with Gasteiger partial charge in [0.1, 0.15) is 5.60 Å². The molecule has 2 aliphatic rings. The summed E-state index contributed by atoms with van der Waals surface area (Å²) in [5.41, 5.74) is -1.22. The van der Waals surface area contributed by atoms with Crippen LogP contribution in [0.3, 0.4) is 0 Å². The lowest BCUT2D eigenvalue weighted by Crippen LogP contribution is -2.50. The third-order valence-corrected chi connectivity index (χ3v) is 6.02. The fourth-order valence-corrected chi connectivity index (χ4v) is 4.14. The molecule has 0 saturated carbocycles. The van der Waals surface area contributed by atoms with Crippen molar-refractivity contribution in [1.29, 1.82) is 0 Å². The van der Waals surface area contributed by atoms with Crippen LogP contribution in [0.15, 0.2) is 47.4 Å². The number of sulfonamides is 1. The van der Waals surface area contributed by atoms with Gasteiger partial charge in [-0.25, -0.2) is 22.7 Å². The van der Waals surface area contributed by atoms with Gasteiger partial charge in [0, 0.05) is 43.9 Å². The number of carbonyl (C=O) groups is 1. The number of primary sulfonamides is 1. The highest BCUT2D eigenvalue weighted by Gasteiger charge is 2.35. The Labute approximate surface area is 177 Å². The van der Waals surface area contributed by atoms with Gasteiger partial charge < -0.3 is 14.5 Å². The molecule has 2 N–H and O–H groups in total. The average Bonchev–Trinajstić information content (AvgIpc) is 2.66. The summed E-state index contributed by atoms with van der Waals surface area (Å²) in [6, 6.07) is 7.13. The van der Waals surface area contributed by atoms with Crippen LogP contribution < -0.4 is 10.0 Å². The van der Waals surface area contributed by atoms with Gasteiger partial charge in [-0.1, -0.05) is 24.3 Å². The fraction of sp³-hybridized carbons (Fsp3) is 0.476. The van der Waals surface area contributed by atoms with E-state index in [1.54, 1.807) is 17.0 Å². The number of ether oxygens (including phenoxy) is 1. The summed E-state index contributed by atoms with van der Waals surface area (Å²) >= 11 is 0. The first-order valence-corrected chi connectivity index (χ1v) is 11.4. The second kappa shape index (κ2) is 8.03. The monoisotopic (exact) mass is 437 g/mol. The van der Waals surface area contributed by atoms with Crippen molar-refractivity contribution in [3.05, 3.63) is 53.0 Å². The van der Waals surface area contributed by atoms with Crippen molar-refractivity contribution in [2.45, 2.75) is 38.5 Å². The van der Waals surface area contributed by atoms with Crippen molar-refractivity contribution >= 4 is 21.8 Å². The number of hydrogen-bond acceptors (Lipinski definition) is 5. The van der Waals surface area contributed by atoms with Crippen LogP contribution in [0, 0.1) is 0 Å². The lowest BCUT2D eigenvalue weighted by Gasteiger charge is -2.39. The van der Waals surface area contributed by atoms with Gasteiger partial charge in [-0.05, 0) is 39.0 Å². The molecule has 0 bridgehead atoms. The first-order valence-electron chi connectivity index (χ1n) is 9.83. The Bertz CT molecular complexity index is 976. The zero-order chi connectivity index (χ0) is 22.2. The minimum Gasteiger partial charge on any atom is -0.444 e. The molecule has 1 aliphatic heterocycles. The minimum atomic E-state index is -3.87. The second-order valence-corrected chi connectivity index (χ2v) is 10.1. The average molecular weight is 438 g/mol. The molecule has 1 aromatic carbocycles.